The lowest BCUT2D eigenvalue weighted by molar-refractivity contribution is -0.123. The molecule has 0 saturated carbocycles. The summed E-state index contributed by atoms with van der Waals surface area (Å²) in [5.74, 6) is -0.275. The van der Waals surface area contributed by atoms with Crippen molar-refractivity contribution in [1.29, 1.82) is 0 Å². The molecule has 114 valence electrons. The predicted molar refractivity (Wildman–Crippen MR) is 83.2 cm³/mol. The number of hydrogen-bond acceptors (Lipinski definition) is 3. The summed E-state index contributed by atoms with van der Waals surface area (Å²) in [5.41, 5.74) is 8.35. The first kappa shape index (κ1) is 15.7. The Labute approximate surface area is 126 Å². The summed E-state index contributed by atoms with van der Waals surface area (Å²) >= 11 is 0. The summed E-state index contributed by atoms with van der Waals surface area (Å²) < 4.78 is 0. The lowest BCUT2D eigenvalue weighted by atomic mass is 9.92. The van der Waals surface area contributed by atoms with Crippen molar-refractivity contribution >= 4 is 11.7 Å². The van der Waals surface area contributed by atoms with Crippen LogP contribution in [0.4, 0.5) is 0 Å². The maximum absolute atomic E-state index is 12.5. The monoisotopic (exact) mass is 288 g/mol. The number of primary amides is 1. The molecule has 2 unspecified atom stereocenters. The number of carbonyl (C=O) groups is 2. The van der Waals surface area contributed by atoms with Gasteiger partial charge < -0.3 is 5.73 Å². The number of amides is 1. The van der Waals surface area contributed by atoms with Crippen molar-refractivity contribution < 1.29 is 9.59 Å². The molecule has 0 bridgehead atoms. The summed E-state index contributed by atoms with van der Waals surface area (Å²) in [4.78, 5) is 26.0. The van der Waals surface area contributed by atoms with Crippen molar-refractivity contribution in [2.75, 3.05) is 13.1 Å². The van der Waals surface area contributed by atoms with Crippen LogP contribution < -0.4 is 5.73 Å². The van der Waals surface area contributed by atoms with Gasteiger partial charge in [-0.15, -0.1) is 0 Å². The van der Waals surface area contributed by atoms with E-state index in [-0.39, 0.29) is 17.6 Å². The Morgan fingerprint density at radius 3 is 2.62 bits per heavy atom. The Balaban J connectivity index is 2.08. The number of carbonyl (C=O) groups excluding carboxylic acids is 2. The first-order chi connectivity index (χ1) is 9.88. The molecular formula is C17H24N2O2. The van der Waals surface area contributed by atoms with Crippen LogP contribution in [0.2, 0.25) is 0 Å². The van der Waals surface area contributed by atoms with E-state index in [2.05, 4.69) is 11.8 Å². The predicted octanol–water partition coefficient (Wildman–Crippen LogP) is 2.07. The number of rotatable bonds is 4. The second-order valence-electron chi connectivity index (χ2n) is 6.20. The lowest BCUT2D eigenvalue weighted by Crippen LogP contribution is -2.47. The highest BCUT2D eigenvalue weighted by atomic mass is 16.1. The van der Waals surface area contributed by atoms with E-state index in [4.69, 9.17) is 5.73 Å². The molecule has 1 aromatic carbocycles. The maximum atomic E-state index is 12.5. The minimum absolute atomic E-state index is 0.115. The summed E-state index contributed by atoms with van der Waals surface area (Å²) in [5, 5.41) is 0. The fraction of sp³-hybridized carbons (Fsp3) is 0.529. The van der Waals surface area contributed by atoms with Crippen LogP contribution in [0.5, 0.6) is 0 Å². The van der Waals surface area contributed by atoms with E-state index in [0.717, 1.165) is 29.5 Å². The van der Waals surface area contributed by atoms with Crippen molar-refractivity contribution in [3.05, 3.63) is 34.9 Å². The number of aryl methyl sites for hydroxylation is 2. The Bertz CT molecular complexity index is 554. The van der Waals surface area contributed by atoms with Crippen LogP contribution in [-0.2, 0) is 4.79 Å². The number of ketones is 1. The number of piperidine rings is 1. The molecule has 1 amide bonds. The van der Waals surface area contributed by atoms with E-state index < -0.39 is 0 Å². The van der Waals surface area contributed by atoms with Crippen molar-refractivity contribution in [2.24, 2.45) is 11.7 Å². The van der Waals surface area contributed by atoms with Gasteiger partial charge in [0.15, 0.2) is 5.78 Å². The van der Waals surface area contributed by atoms with Gasteiger partial charge in [0, 0.05) is 18.2 Å². The summed E-state index contributed by atoms with van der Waals surface area (Å²) in [6, 6.07) is 6.20. The second-order valence-corrected chi connectivity index (χ2v) is 6.20. The van der Waals surface area contributed by atoms with Crippen LogP contribution in [0.25, 0.3) is 0 Å². The first-order valence-electron chi connectivity index (χ1n) is 7.52. The van der Waals surface area contributed by atoms with Gasteiger partial charge >= 0.3 is 0 Å². The molecule has 0 spiro atoms. The minimum atomic E-state index is -0.258. The molecule has 0 aromatic heterocycles. The molecule has 1 aliphatic rings. The molecular weight excluding hydrogens is 264 g/mol. The quantitative estimate of drug-likeness (QED) is 0.863. The van der Waals surface area contributed by atoms with Gasteiger partial charge in [0.05, 0.1) is 12.5 Å². The highest BCUT2D eigenvalue weighted by molar-refractivity contribution is 5.99. The molecule has 21 heavy (non-hydrogen) atoms. The number of nitrogens with zero attached hydrogens (tertiary/aromatic N) is 1. The Morgan fingerprint density at radius 1 is 1.29 bits per heavy atom. The van der Waals surface area contributed by atoms with Crippen molar-refractivity contribution in [1.82, 2.24) is 4.90 Å². The molecule has 2 rings (SSSR count). The minimum Gasteiger partial charge on any atom is -0.369 e. The molecule has 1 aliphatic heterocycles. The van der Waals surface area contributed by atoms with Gasteiger partial charge in [-0.25, -0.2) is 0 Å². The van der Waals surface area contributed by atoms with Crippen LogP contribution in [0.3, 0.4) is 0 Å². The van der Waals surface area contributed by atoms with Gasteiger partial charge in [-0.2, -0.15) is 0 Å². The maximum Gasteiger partial charge on any atom is 0.221 e. The van der Waals surface area contributed by atoms with Crippen molar-refractivity contribution in [3.63, 3.8) is 0 Å². The third-order valence-electron chi connectivity index (χ3n) is 4.44. The van der Waals surface area contributed by atoms with Gasteiger partial charge in [0.25, 0.3) is 0 Å². The summed E-state index contributed by atoms with van der Waals surface area (Å²) in [6.07, 6.45) is 1.73. The SMILES string of the molecule is Cc1ccc(C(=O)CN2CC(C(N)=O)CCC2C)c(C)c1. The molecule has 0 aliphatic carbocycles. The molecule has 2 N–H and O–H groups in total. The number of Topliss-reactive ketones (excluding diaryl/α,β-unsaturated/α-hetero) is 1. The lowest BCUT2D eigenvalue weighted by Gasteiger charge is -2.36. The van der Waals surface area contributed by atoms with E-state index in [9.17, 15) is 9.59 Å². The fourth-order valence-corrected chi connectivity index (χ4v) is 3.03. The normalized spacial score (nSPS) is 23.0. The Kier molecular flexibility index (Phi) is 4.78. The zero-order valence-corrected chi connectivity index (χ0v) is 13.1. The van der Waals surface area contributed by atoms with Gasteiger partial charge in [-0.1, -0.05) is 23.8 Å². The zero-order chi connectivity index (χ0) is 15.6. The van der Waals surface area contributed by atoms with E-state index in [1.165, 1.54) is 0 Å². The van der Waals surface area contributed by atoms with Gasteiger partial charge in [-0.05, 0) is 39.2 Å². The van der Waals surface area contributed by atoms with Crippen molar-refractivity contribution in [2.45, 2.75) is 39.7 Å². The van der Waals surface area contributed by atoms with Crippen LogP contribution in [0.1, 0.15) is 41.3 Å². The topological polar surface area (TPSA) is 63.4 Å². The van der Waals surface area contributed by atoms with E-state index in [0.29, 0.717) is 19.1 Å². The highest BCUT2D eigenvalue weighted by Gasteiger charge is 2.30. The molecule has 2 atom stereocenters. The highest BCUT2D eigenvalue weighted by Crippen LogP contribution is 2.22. The summed E-state index contributed by atoms with van der Waals surface area (Å²) in [6.45, 7) is 7.03. The van der Waals surface area contributed by atoms with Crippen molar-refractivity contribution in [3.8, 4) is 0 Å². The fourth-order valence-electron chi connectivity index (χ4n) is 3.03. The van der Waals surface area contributed by atoms with Crippen LogP contribution in [0.15, 0.2) is 18.2 Å². The van der Waals surface area contributed by atoms with E-state index in [1.807, 2.05) is 32.0 Å². The van der Waals surface area contributed by atoms with Crippen LogP contribution >= 0.6 is 0 Å². The average Bonchev–Trinajstić information content (AvgIpc) is 2.40. The van der Waals surface area contributed by atoms with Crippen LogP contribution in [0, 0.1) is 19.8 Å². The Morgan fingerprint density at radius 2 is 2.00 bits per heavy atom. The number of hydrogen-bond donors (Lipinski definition) is 1. The van der Waals surface area contributed by atoms with E-state index in [1.54, 1.807) is 0 Å². The third-order valence-corrected chi connectivity index (χ3v) is 4.44. The van der Waals surface area contributed by atoms with E-state index >= 15 is 0 Å². The molecule has 1 saturated heterocycles. The molecule has 1 aromatic rings. The smallest absolute Gasteiger partial charge is 0.221 e. The summed E-state index contributed by atoms with van der Waals surface area (Å²) in [7, 11) is 0. The standard InChI is InChI=1S/C17H24N2O2/c1-11-4-7-15(12(2)8-11)16(20)10-19-9-14(17(18)21)6-5-13(19)3/h4,7-8,13-14H,5-6,9-10H2,1-3H3,(H2,18,21). The molecule has 1 fully saturated rings. The number of nitrogens with two attached hydrogens (primary N) is 1. The molecule has 4 heteroatoms. The number of benzene rings is 1. The largest absolute Gasteiger partial charge is 0.369 e. The van der Waals surface area contributed by atoms with Gasteiger partial charge in [-0.3, -0.25) is 14.5 Å². The molecule has 1 heterocycles. The number of likely N-dealkylation sites (tertiary alicyclic amines) is 1. The molecule has 4 nitrogen and oxygen atoms in total. The molecule has 0 radical (unpaired) electrons. The van der Waals surface area contributed by atoms with Gasteiger partial charge in [0.1, 0.15) is 0 Å². The second kappa shape index (κ2) is 6.39. The van der Waals surface area contributed by atoms with Crippen LogP contribution in [-0.4, -0.2) is 35.7 Å². The average molecular weight is 288 g/mol. The Hall–Kier alpha value is -1.68. The van der Waals surface area contributed by atoms with Gasteiger partial charge in [0.2, 0.25) is 5.91 Å². The third kappa shape index (κ3) is 3.70. The first-order valence-corrected chi connectivity index (χ1v) is 7.52. The zero-order valence-electron chi connectivity index (χ0n) is 13.1.